The first kappa shape index (κ1) is 13.9. The van der Waals surface area contributed by atoms with Crippen LogP contribution in [0, 0.1) is 0 Å². The predicted octanol–water partition coefficient (Wildman–Crippen LogP) is 0.471. The van der Waals surface area contributed by atoms with Crippen LogP contribution in [0.15, 0.2) is 29.4 Å². The summed E-state index contributed by atoms with van der Waals surface area (Å²) >= 11 is 0. The van der Waals surface area contributed by atoms with Crippen molar-refractivity contribution in [3.63, 3.8) is 0 Å². The van der Waals surface area contributed by atoms with Crippen LogP contribution < -0.4 is 5.43 Å². The molecule has 0 radical (unpaired) electrons. The molecule has 1 saturated heterocycles. The first-order chi connectivity index (χ1) is 11.2. The van der Waals surface area contributed by atoms with Crippen molar-refractivity contribution in [3.8, 4) is 0 Å². The lowest BCUT2D eigenvalue weighted by atomic mass is 10.0. The van der Waals surface area contributed by atoms with Gasteiger partial charge in [0, 0.05) is 13.1 Å². The maximum Gasteiger partial charge on any atom is 0.270 e. The molecule has 0 saturated carbocycles. The Morgan fingerprint density at radius 3 is 2.35 bits per heavy atom. The normalized spacial score (nSPS) is 19.0. The molecule has 0 atom stereocenters. The molecule has 3 heterocycles. The van der Waals surface area contributed by atoms with E-state index in [4.69, 9.17) is 0 Å². The molecule has 0 aliphatic carbocycles. The highest BCUT2D eigenvalue weighted by atomic mass is 16.2. The Bertz CT molecular complexity index is 770. The number of nitrogens with zero attached hydrogens (tertiary/aromatic N) is 5. The summed E-state index contributed by atoms with van der Waals surface area (Å²) < 4.78 is 0. The van der Waals surface area contributed by atoms with Crippen LogP contribution in [-0.2, 0) is 9.59 Å². The number of aromatic nitrogens is 3. The average molecular weight is 312 g/mol. The van der Waals surface area contributed by atoms with Crippen LogP contribution in [0.2, 0.25) is 0 Å². The van der Waals surface area contributed by atoms with Crippen LogP contribution in [0.3, 0.4) is 0 Å². The van der Waals surface area contributed by atoms with Crippen molar-refractivity contribution >= 4 is 28.6 Å². The first-order valence-electron chi connectivity index (χ1n) is 7.67. The molecule has 2 aliphatic rings. The average Bonchev–Trinajstić information content (AvgIpc) is 3.20. The Morgan fingerprint density at radius 1 is 1.13 bits per heavy atom. The smallest absolute Gasteiger partial charge is 0.270 e. The van der Waals surface area contributed by atoms with E-state index in [1.165, 1.54) is 0 Å². The number of benzene rings is 1. The second-order valence-corrected chi connectivity index (χ2v) is 5.80. The van der Waals surface area contributed by atoms with E-state index in [2.05, 4.69) is 20.7 Å². The molecule has 0 spiro atoms. The summed E-state index contributed by atoms with van der Waals surface area (Å²) in [7, 11) is 0. The molecule has 8 heteroatoms. The summed E-state index contributed by atoms with van der Waals surface area (Å²) in [5.74, 6) is -0.379. The second kappa shape index (κ2) is 5.45. The van der Waals surface area contributed by atoms with Gasteiger partial charge in [0.2, 0.25) is 5.91 Å². The van der Waals surface area contributed by atoms with E-state index in [9.17, 15) is 9.59 Å². The van der Waals surface area contributed by atoms with Gasteiger partial charge in [-0.15, -0.1) is 0 Å². The number of carbonyl (C=O) groups is 2. The molecule has 1 N–H and O–H groups in total. The number of carbonyl (C=O) groups excluding carboxylic acids is 2. The first-order valence-corrected chi connectivity index (χ1v) is 7.67. The summed E-state index contributed by atoms with van der Waals surface area (Å²) in [5.41, 5.74) is 4.39. The Hall–Kier alpha value is -2.77. The van der Waals surface area contributed by atoms with Crippen molar-refractivity contribution in [3.05, 3.63) is 24.3 Å². The Balaban J connectivity index is 1.42. The highest BCUT2D eigenvalue weighted by molar-refractivity contribution is 6.43. The Kier molecular flexibility index (Phi) is 3.29. The fourth-order valence-corrected chi connectivity index (χ4v) is 3.01. The van der Waals surface area contributed by atoms with E-state index >= 15 is 0 Å². The van der Waals surface area contributed by atoms with Gasteiger partial charge in [0.25, 0.3) is 5.91 Å². The van der Waals surface area contributed by atoms with Crippen LogP contribution in [-0.4, -0.2) is 50.5 Å². The minimum absolute atomic E-state index is 0.0743. The molecule has 2 aromatic rings. The summed E-state index contributed by atoms with van der Waals surface area (Å²) in [6, 6.07) is 7.97. The minimum Gasteiger partial charge on any atom is -0.337 e. The second-order valence-electron chi connectivity index (χ2n) is 5.80. The van der Waals surface area contributed by atoms with Crippen molar-refractivity contribution in [2.24, 2.45) is 5.10 Å². The number of likely N-dealkylation sites (tertiary alicyclic amines) is 1. The zero-order chi connectivity index (χ0) is 15.8. The molecule has 118 valence electrons. The Labute approximate surface area is 132 Å². The van der Waals surface area contributed by atoms with Crippen molar-refractivity contribution in [1.29, 1.82) is 0 Å². The molecule has 1 aromatic heterocycles. The van der Waals surface area contributed by atoms with E-state index in [0.717, 1.165) is 23.9 Å². The summed E-state index contributed by atoms with van der Waals surface area (Å²) in [4.78, 5) is 27.0. The molecule has 4 rings (SSSR count). The lowest BCUT2D eigenvalue weighted by Gasteiger charge is -2.31. The van der Waals surface area contributed by atoms with Gasteiger partial charge in [0.1, 0.15) is 16.7 Å². The standard InChI is InChI=1S/C15H16N6O2/c22-14-9-13(16-17-14)15(23)20-7-5-10(6-8-20)21-18-11-3-1-2-4-12(11)19-21/h1-4,10H,5-9H2,(H,17,22). The van der Waals surface area contributed by atoms with Gasteiger partial charge in [0.15, 0.2) is 0 Å². The minimum atomic E-state index is -0.226. The predicted molar refractivity (Wildman–Crippen MR) is 82.6 cm³/mol. The number of hydrazone groups is 1. The van der Waals surface area contributed by atoms with Gasteiger partial charge < -0.3 is 4.90 Å². The largest absolute Gasteiger partial charge is 0.337 e. The monoisotopic (exact) mass is 312 g/mol. The van der Waals surface area contributed by atoms with Crippen molar-refractivity contribution in [2.45, 2.75) is 25.3 Å². The van der Waals surface area contributed by atoms with Crippen molar-refractivity contribution < 1.29 is 9.59 Å². The maximum atomic E-state index is 12.3. The van der Waals surface area contributed by atoms with Crippen LogP contribution in [0.1, 0.15) is 25.3 Å². The lowest BCUT2D eigenvalue weighted by Crippen LogP contribution is -2.42. The third-order valence-electron chi connectivity index (χ3n) is 4.27. The molecule has 8 nitrogen and oxygen atoms in total. The van der Waals surface area contributed by atoms with Crippen molar-refractivity contribution in [1.82, 2.24) is 25.3 Å². The zero-order valence-corrected chi connectivity index (χ0v) is 12.5. The molecule has 0 bridgehead atoms. The lowest BCUT2D eigenvalue weighted by molar-refractivity contribution is -0.126. The van der Waals surface area contributed by atoms with Gasteiger partial charge in [-0.05, 0) is 25.0 Å². The number of nitrogens with one attached hydrogen (secondary N) is 1. The molecule has 1 fully saturated rings. The molecule has 2 amide bonds. The fourth-order valence-electron chi connectivity index (χ4n) is 3.01. The van der Waals surface area contributed by atoms with E-state index in [0.29, 0.717) is 18.8 Å². The number of rotatable bonds is 2. The molecule has 2 aliphatic heterocycles. The van der Waals surface area contributed by atoms with Crippen LogP contribution in [0.5, 0.6) is 0 Å². The quantitative estimate of drug-likeness (QED) is 0.872. The zero-order valence-electron chi connectivity index (χ0n) is 12.5. The van der Waals surface area contributed by atoms with Crippen LogP contribution in [0.4, 0.5) is 0 Å². The molecule has 1 aromatic carbocycles. The topological polar surface area (TPSA) is 92.5 Å². The third kappa shape index (κ3) is 2.56. The van der Waals surface area contributed by atoms with E-state index in [1.807, 2.05) is 24.3 Å². The van der Waals surface area contributed by atoms with Gasteiger partial charge >= 0.3 is 0 Å². The number of amides is 2. The molecule has 23 heavy (non-hydrogen) atoms. The summed E-state index contributed by atoms with van der Waals surface area (Å²) in [5, 5.41) is 12.8. The van der Waals surface area contributed by atoms with Gasteiger partial charge in [-0.3, -0.25) is 9.59 Å². The number of hydrogen-bond acceptors (Lipinski definition) is 5. The highest BCUT2D eigenvalue weighted by Crippen LogP contribution is 2.23. The van der Waals surface area contributed by atoms with E-state index < -0.39 is 0 Å². The van der Waals surface area contributed by atoms with E-state index in [-0.39, 0.29) is 24.3 Å². The third-order valence-corrected chi connectivity index (χ3v) is 4.27. The summed E-state index contributed by atoms with van der Waals surface area (Å²) in [6.45, 7) is 1.24. The van der Waals surface area contributed by atoms with Crippen LogP contribution >= 0.6 is 0 Å². The number of hydrogen-bond donors (Lipinski definition) is 1. The molecular formula is C15H16N6O2. The molecular weight excluding hydrogens is 296 g/mol. The fraction of sp³-hybridized carbons (Fsp3) is 0.400. The molecule has 0 unspecified atom stereocenters. The number of piperidine rings is 1. The number of fused-ring (bicyclic) bond motifs is 1. The van der Waals surface area contributed by atoms with E-state index in [1.54, 1.807) is 9.70 Å². The van der Waals surface area contributed by atoms with Gasteiger partial charge in [-0.1, -0.05) is 12.1 Å². The van der Waals surface area contributed by atoms with Gasteiger partial charge in [-0.25, -0.2) is 5.43 Å². The van der Waals surface area contributed by atoms with Crippen molar-refractivity contribution in [2.75, 3.05) is 13.1 Å². The Morgan fingerprint density at radius 2 is 1.78 bits per heavy atom. The maximum absolute atomic E-state index is 12.3. The van der Waals surface area contributed by atoms with Gasteiger partial charge in [0.05, 0.1) is 12.5 Å². The van der Waals surface area contributed by atoms with Gasteiger partial charge in [-0.2, -0.15) is 20.1 Å². The summed E-state index contributed by atoms with van der Waals surface area (Å²) in [6.07, 6.45) is 1.66. The van der Waals surface area contributed by atoms with Crippen LogP contribution in [0.25, 0.3) is 11.0 Å². The SMILES string of the molecule is O=C1CC(C(=O)N2CCC(n3nc4ccccc4n3)CC2)=NN1. The highest BCUT2D eigenvalue weighted by Gasteiger charge is 2.30.